The largest absolute Gasteiger partial charge is 0.316 e. The maximum atomic E-state index is 4.97. The Morgan fingerprint density at radius 3 is 1.63 bits per heavy atom. The summed E-state index contributed by atoms with van der Waals surface area (Å²) in [7, 11) is 0. The summed E-state index contributed by atoms with van der Waals surface area (Å²) in [6.45, 7) is 4.76. The van der Waals surface area contributed by atoms with Crippen molar-refractivity contribution in [3.05, 3.63) is 236 Å². The number of benzene rings is 9. The minimum atomic E-state index is 0.900. The summed E-state index contributed by atoms with van der Waals surface area (Å²) in [6, 6.07) is 69.9. The van der Waals surface area contributed by atoms with Crippen LogP contribution in [0.25, 0.3) is 87.7 Å². The third kappa shape index (κ3) is 5.85. The van der Waals surface area contributed by atoms with Crippen LogP contribution < -0.4 is 4.90 Å². The smallest absolute Gasteiger partial charge is 0.0801 e. The Labute approximate surface area is 344 Å². The number of allylic oxidation sites excluding steroid dienone is 4. The van der Waals surface area contributed by atoms with Gasteiger partial charge in [0.2, 0.25) is 0 Å². The van der Waals surface area contributed by atoms with E-state index < -0.39 is 0 Å². The molecule has 0 amide bonds. The first kappa shape index (κ1) is 34.4. The van der Waals surface area contributed by atoms with Crippen molar-refractivity contribution in [2.24, 2.45) is 0 Å². The highest BCUT2D eigenvalue weighted by atomic mass is 15.1. The summed E-state index contributed by atoms with van der Waals surface area (Å²) in [5.41, 5.74) is 13.1. The standard InChI is InChI=1S/C57H38N2/c1-38-36-43(33-35-59(44-22-6-3-7-23-44)53-32-34-58-57(54(38)53)41-18-4-2-5-19-41)42-30-31-51-52(37-42)56(48-29-15-21-40-17-9-11-25-46(40)48)50-27-13-12-26-49(50)55(51)47-28-14-20-39-16-8-10-24-45(39)47/h2-37H,1H2/b35-33-,43-36+. The van der Waals surface area contributed by atoms with Gasteiger partial charge in [-0.05, 0) is 118 Å². The predicted octanol–water partition coefficient (Wildman–Crippen LogP) is 15.5. The zero-order valence-corrected chi connectivity index (χ0v) is 32.4. The number of nitrogens with zero attached hydrogens (tertiary/aromatic N) is 2. The molecule has 10 aromatic rings. The molecule has 0 bridgehead atoms. The van der Waals surface area contributed by atoms with Crippen LogP contribution in [0.4, 0.5) is 11.4 Å². The van der Waals surface area contributed by atoms with Crippen LogP contribution in [0.5, 0.6) is 0 Å². The van der Waals surface area contributed by atoms with Crippen LogP contribution in [0.1, 0.15) is 11.1 Å². The second-order valence-electron chi connectivity index (χ2n) is 15.2. The van der Waals surface area contributed by atoms with Crippen LogP contribution in [-0.2, 0) is 0 Å². The average molecular weight is 751 g/mol. The molecule has 0 saturated carbocycles. The second-order valence-corrected chi connectivity index (χ2v) is 15.2. The van der Waals surface area contributed by atoms with E-state index in [0.29, 0.717) is 0 Å². The Kier molecular flexibility index (Phi) is 8.34. The van der Waals surface area contributed by atoms with Crippen molar-refractivity contribution >= 4 is 65.6 Å². The maximum absolute atomic E-state index is 4.97. The van der Waals surface area contributed by atoms with Crippen LogP contribution in [0.3, 0.4) is 0 Å². The third-order valence-corrected chi connectivity index (χ3v) is 11.8. The van der Waals surface area contributed by atoms with Crippen molar-refractivity contribution in [2.45, 2.75) is 0 Å². The van der Waals surface area contributed by atoms with Gasteiger partial charge >= 0.3 is 0 Å². The summed E-state index contributed by atoms with van der Waals surface area (Å²) >= 11 is 0. The molecule has 1 aromatic heterocycles. The molecule has 0 saturated heterocycles. The summed E-state index contributed by atoms with van der Waals surface area (Å²) in [5, 5.41) is 9.82. The van der Waals surface area contributed by atoms with E-state index in [2.05, 4.69) is 211 Å². The molecule has 0 fully saturated rings. The number of hydrogen-bond donors (Lipinski definition) is 0. The van der Waals surface area contributed by atoms with Crippen molar-refractivity contribution < 1.29 is 0 Å². The maximum Gasteiger partial charge on any atom is 0.0801 e. The molecule has 0 radical (unpaired) electrons. The Bertz CT molecular complexity index is 3330. The van der Waals surface area contributed by atoms with E-state index >= 15 is 0 Å². The monoisotopic (exact) mass is 750 g/mol. The molecule has 9 aromatic carbocycles. The lowest BCUT2D eigenvalue weighted by molar-refractivity contribution is 1.22. The van der Waals surface area contributed by atoms with E-state index in [1.807, 2.05) is 12.3 Å². The first-order valence-electron chi connectivity index (χ1n) is 20.1. The van der Waals surface area contributed by atoms with Crippen LogP contribution in [0.15, 0.2) is 225 Å². The molecule has 2 heteroatoms. The van der Waals surface area contributed by atoms with Crippen molar-refractivity contribution in [3.63, 3.8) is 0 Å². The van der Waals surface area contributed by atoms with Gasteiger partial charge in [0.05, 0.1) is 11.4 Å². The Balaban J connectivity index is 1.21. The Morgan fingerprint density at radius 1 is 0.424 bits per heavy atom. The van der Waals surface area contributed by atoms with Gasteiger partial charge in [-0.1, -0.05) is 176 Å². The highest BCUT2D eigenvalue weighted by molar-refractivity contribution is 6.25. The minimum absolute atomic E-state index is 0.900. The number of fused-ring (bicyclic) bond motifs is 5. The predicted molar refractivity (Wildman–Crippen MR) is 252 cm³/mol. The highest BCUT2D eigenvalue weighted by Crippen LogP contribution is 2.48. The molecule has 0 spiro atoms. The average Bonchev–Trinajstić information content (AvgIpc) is 3.30. The topological polar surface area (TPSA) is 16.1 Å². The van der Waals surface area contributed by atoms with Crippen LogP contribution in [-0.4, -0.2) is 4.98 Å². The summed E-state index contributed by atoms with van der Waals surface area (Å²) in [6.07, 6.45) is 8.56. The quantitative estimate of drug-likeness (QED) is 0.163. The molecular weight excluding hydrogens is 713 g/mol. The fraction of sp³-hybridized carbons (Fsp3) is 0. The van der Waals surface area contributed by atoms with Gasteiger partial charge in [-0.25, -0.2) is 0 Å². The highest BCUT2D eigenvalue weighted by Gasteiger charge is 2.23. The van der Waals surface area contributed by atoms with Crippen LogP contribution in [0.2, 0.25) is 0 Å². The number of hydrogen-bond acceptors (Lipinski definition) is 2. The number of para-hydroxylation sites is 1. The van der Waals surface area contributed by atoms with Gasteiger partial charge in [0.1, 0.15) is 0 Å². The first-order chi connectivity index (χ1) is 29.2. The summed E-state index contributed by atoms with van der Waals surface area (Å²) in [4.78, 5) is 7.23. The molecule has 0 unspecified atom stereocenters. The van der Waals surface area contributed by atoms with Gasteiger partial charge in [0, 0.05) is 29.2 Å². The zero-order valence-electron chi connectivity index (χ0n) is 32.4. The second kappa shape index (κ2) is 14.3. The van der Waals surface area contributed by atoms with Crippen LogP contribution >= 0.6 is 0 Å². The van der Waals surface area contributed by atoms with Crippen molar-refractivity contribution in [1.29, 1.82) is 0 Å². The molecule has 2 heterocycles. The van der Waals surface area contributed by atoms with Crippen molar-refractivity contribution in [2.75, 3.05) is 4.90 Å². The van der Waals surface area contributed by atoms with E-state index in [-0.39, 0.29) is 0 Å². The van der Waals surface area contributed by atoms with Crippen molar-refractivity contribution in [3.8, 4) is 33.5 Å². The van der Waals surface area contributed by atoms with Gasteiger partial charge in [0.25, 0.3) is 0 Å². The molecule has 1 aliphatic rings. The van der Waals surface area contributed by atoms with Gasteiger partial charge in [-0.2, -0.15) is 0 Å². The first-order valence-corrected chi connectivity index (χ1v) is 20.1. The van der Waals surface area contributed by atoms with E-state index in [0.717, 1.165) is 44.9 Å². The lowest BCUT2D eigenvalue weighted by Gasteiger charge is -2.27. The number of pyridine rings is 1. The number of anilines is 2. The van der Waals surface area contributed by atoms with E-state index in [9.17, 15) is 0 Å². The molecule has 0 aliphatic carbocycles. The molecule has 0 N–H and O–H groups in total. The number of aromatic nitrogens is 1. The Hall–Kier alpha value is -7.81. The molecule has 1 aliphatic heterocycles. The summed E-state index contributed by atoms with van der Waals surface area (Å²) in [5.74, 6) is 0. The molecule has 59 heavy (non-hydrogen) atoms. The third-order valence-electron chi connectivity index (χ3n) is 11.8. The molecule has 0 atom stereocenters. The lowest BCUT2D eigenvalue weighted by Crippen LogP contribution is -2.13. The fourth-order valence-electron chi connectivity index (χ4n) is 9.15. The van der Waals surface area contributed by atoms with Gasteiger partial charge in [-0.15, -0.1) is 0 Å². The number of rotatable bonds is 5. The fourth-order valence-corrected chi connectivity index (χ4v) is 9.15. The van der Waals surface area contributed by atoms with Crippen molar-refractivity contribution in [1.82, 2.24) is 4.98 Å². The minimum Gasteiger partial charge on any atom is -0.316 e. The molecule has 276 valence electrons. The SMILES string of the molecule is C=C1/C=C(c2ccc3c(-c4cccc5ccccc45)c4ccccc4c(-c4cccc5ccccc45)c3c2)\C=C/N(c2ccccc2)c2ccnc(-c3ccccc3)c21. The molecular formula is C57H38N2. The Morgan fingerprint density at radius 2 is 0.966 bits per heavy atom. The normalized spacial score (nSPS) is 14.2. The van der Waals surface area contributed by atoms with E-state index in [1.165, 1.54) is 65.3 Å². The lowest BCUT2D eigenvalue weighted by atomic mass is 9.82. The van der Waals surface area contributed by atoms with Gasteiger partial charge < -0.3 is 4.90 Å². The summed E-state index contributed by atoms with van der Waals surface area (Å²) < 4.78 is 0. The van der Waals surface area contributed by atoms with E-state index in [1.54, 1.807) is 0 Å². The molecule has 2 nitrogen and oxygen atoms in total. The zero-order chi connectivity index (χ0) is 39.3. The molecule has 11 rings (SSSR count). The van der Waals surface area contributed by atoms with Gasteiger partial charge in [-0.3, -0.25) is 4.98 Å². The van der Waals surface area contributed by atoms with Crippen LogP contribution in [0, 0.1) is 0 Å². The van der Waals surface area contributed by atoms with Gasteiger partial charge in [0.15, 0.2) is 0 Å². The van der Waals surface area contributed by atoms with E-state index in [4.69, 9.17) is 11.6 Å².